The van der Waals surface area contributed by atoms with E-state index in [4.69, 9.17) is 0 Å². The van der Waals surface area contributed by atoms with Gasteiger partial charge in [0.15, 0.2) is 0 Å². The zero-order valence-electron chi connectivity index (χ0n) is 13.5. The van der Waals surface area contributed by atoms with Crippen LogP contribution in [0.15, 0.2) is 46.6 Å². The molecule has 3 rings (SSSR count). The van der Waals surface area contributed by atoms with Crippen LogP contribution in [0.2, 0.25) is 0 Å². The van der Waals surface area contributed by atoms with Crippen LogP contribution in [0.4, 0.5) is 0 Å². The fourth-order valence-electron chi connectivity index (χ4n) is 4.81. The van der Waals surface area contributed by atoms with E-state index in [0.717, 1.165) is 30.1 Å². The molecule has 0 aromatic carbocycles. The molecule has 108 valence electrons. The quantitative estimate of drug-likeness (QED) is 0.524. The van der Waals surface area contributed by atoms with Gasteiger partial charge in [-0.2, -0.15) is 0 Å². The molecule has 0 amide bonds. The van der Waals surface area contributed by atoms with Crippen LogP contribution >= 0.6 is 0 Å². The SMILES string of the molecule is C=C1C=C2C(=C(C)C3CC=C(C)CC3C2C(C)C)CC1. The minimum atomic E-state index is 0.730. The lowest BCUT2D eigenvalue weighted by atomic mass is 9.58. The lowest BCUT2D eigenvalue weighted by Crippen LogP contribution is -2.37. The Kier molecular flexibility index (Phi) is 3.52. The van der Waals surface area contributed by atoms with Crippen molar-refractivity contribution in [2.24, 2.45) is 23.7 Å². The maximum atomic E-state index is 4.23. The van der Waals surface area contributed by atoms with Gasteiger partial charge in [-0.3, -0.25) is 0 Å². The van der Waals surface area contributed by atoms with Crippen molar-refractivity contribution >= 4 is 0 Å². The van der Waals surface area contributed by atoms with Crippen LogP contribution in [-0.4, -0.2) is 0 Å². The smallest absolute Gasteiger partial charge is 0.00988 e. The minimum Gasteiger partial charge on any atom is -0.0958 e. The molecule has 3 aliphatic carbocycles. The highest BCUT2D eigenvalue weighted by atomic mass is 14.5. The van der Waals surface area contributed by atoms with Gasteiger partial charge in [0.25, 0.3) is 0 Å². The second-order valence-electron chi connectivity index (χ2n) is 7.45. The van der Waals surface area contributed by atoms with Crippen LogP contribution in [0.5, 0.6) is 0 Å². The molecule has 0 bridgehead atoms. The summed E-state index contributed by atoms with van der Waals surface area (Å²) in [5.41, 5.74) is 7.96. The Morgan fingerprint density at radius 3 is 2.65 bits per heavy atom. The summed E-state index contributed by atoms with van der Waals surface area (Å²) in [6.07, 6.45) is 9.86. The van der Waals surface area contributed by atoms with Gasteiger partial charge in [0.1, 0.15) is 0 Å². The van der Waals surface area contributed by atoms with Crippen molar-refractivity contribution in [3.05, 3.63) is 46.6 Å². The van der Waals surface area contributed by atoms with Crippen molar-refractivity contribution in [1.82, 2.24) is 0 Å². The first-order valence-corrected chi connectivity index (χ1v) is 8.24. The van der Waals surface area contributed by atoms with E-state index in [-0.39, 0.29) is 0 Å². The van der Waals surface area contributed by atoms with E-state index in [2.05, 4.69) is 46.4 Å². The van der Waals surface area contributed by atoms with Gasteiger partial charge in [0, 0.05) is 0 Å². The Morgan fingerprint density at radius 2 is 1.95 bits per heavy atom. The molecule has 3 atom stereocenters. The normalized spacial score (nSPS) is 33.6. The van der Waals surface area contributed by atoms with E-state index in [1.807, 2.05) is 0 Å². The summed E-state index contributed by atoms with van der Waals surface area (Å²) in [4.78, 5) is 0. The standard InChI is InChI=1S/C20H28/c1-12(2)20-18-10-13(3)6-8-16(18)15(5)17-9-7-14(4)11-19(17)20/h7,10,12,17,19-20H,3,6,8-9,11H2,1-2,4-5H3. The predicted octanol–water partition coefficient (Wildman–Crippen LogP) is 5.84. The third kappa shape index (κ3) is 2.14. The maximum Gasteiger partial charge on any atom is -0.00988 e. The van der Waals surface area contributed by atoms with E-state index in [9.17, 15) is 0 Å². The number of hydrogen-bond donors (Lipinski definition) is 0. The number of hydrogen-bond acceptors (Lipinski definition) is 0. The first-order chi connectivity index (χ1) is 9.49. The van der Waals surface area contributed by atoms with Crippen LogP contribution in [0.1, 0.15) is 53.4 Å². The van der Waals surface area contributed by atoms with Crippen molar-refractivity contribution in [3.63, 3.8) is 0 Å². The van der Waals surface area contributed by atoms with Crippen LogP contribution < -0.4 is 0 Å². The summed E-state index contributed by atoms with van der Waals surface area (Å²) in [6, 6.07) is 0. The number of allylic oxidation sites excluding steroid dienone is 7. The van der Waals surface area contributed by atoms with Crippen LogP contribution in [0.25, 0.3) is 0 Å². The van der Waals surface area contributed by atoms with Crippen molar-refractivity contribution in [1.29, 1.82) is 0 Å². The van der Waals surface area contributed by atoms with Crippen molar-refractivity contribution in [3.8, 4) is 0 Å². The predicted molar refractivity (Wildman–Crippen MR) is 87.5 cm³/mol. The number of rotatable bonds is 1. The molecule has 0 saturated carbocycles. The largest absolute Gasteiger partial charge is 0.0958 e. The van der Waals surface area contributed by atoms with Gasteiger partial charge < -0.3 is 0 Å². The molecule has 0 heteroatoms. The van der Waals surface area contributed by atoms with E-state index in [1.165, 1.54) is 24.8 Å². The zero-order chi connectivity index (χ0) is 14.4. The molecule has 0 spiro atoms. The van der Waals surface area contributed by atoms with Gasteiger partial charge in [0.2, 0.25) is 0 Å². The molecular weight excluding hydrogens is 240 g/mol. The summed E-state index contributed by atoms with van der Waals surface area (Å²) < 4.78 is 0. The molecule has 3 unspecified atom stereocenters. The van der Waals surface area contributed by atoms with Gasteiger partial charge in [-0.15, -0.1) is 0 Å². The molecule has 0 aliphatic heterocycles. The third-order valence-corrected chi connectivity index (χ3v) is 5.77. The van der Waals surface area contributed by atoms with E-state index < -0.39 is 0 Å². The van der Waals surface area contributed by atoms with Crippen molar-refractivity contribution in [2.45, 2.75) is 53.4 Å². The summed E-state index contributed by atoms with van der Waals surface area (Å²) in [5.74, 6) is 3.08. The summed E-state index contributed by atoms with van der Waals surface area (Å²) >= 11 is 0. The van der Waals surface area contributed by atoms with Gasteiger partial charge in [-0.05, 0) is 74.3 Å². The van der Waals surface area contributed by atoms with E-state index in [1.54, 1.807) is 22.3 Å². The first-order valence-electron chi connectivity index (χ1n) is 8.24. The van der Waals surface area contributed by atoms with Crippen molar-refractivity contribution < 1.29 is 0 Å². The molecule has 0 saturated heterocycles. The fourth-order valence-corrected chi connectivity index (χ4v) is 4.81. The minimum absolute atomic E-state index is 0.730. The second kappa shape index (κ2) is 5.06. The molecule has 3 aliphatic rings. The molecule has 20 heavy (non-hydrogen) atoms. The van der Waals surface area contributed by atoms with Crippen LogP contribution in [-0.2, 0) is 0 Å². The van der Waals surface area contributed by atoms with E-state index >= 15 is 0 Å². The molecule has 0 N–H and O–H groups in total. The van der Waals surface area contributed by atoms with Crippen LogP contribution in [0, 0.1) is 23.7 Å². The Hall–Kier alpha value is -1.04. The highest BCUT2D eigenvalue weighted by Gasteiger charge is 2.42. The van der Waals surface area contributed by atoms with Gasteiger partial charge in [-0.1, -0.05) is 49.3 Å². The Morgan fingerprint density at radius 1 is 1.20 bits per heavy atom. The van der Waals surface area contributed by atoms with Crippen molar-refractivity contribution in [2.75, 3.05) is 0 Å². The summed E-state index contributed by atoms with van der Waals surface area (Å²) in [5, 5.41) is 0. The first kappa shape index (κ1) is 13.9. The maximum absolute atomic E-state index is 4.23. The molecule has 0 radical (unpaired) electrons. The lowest BCUT2D eigenvalue weighted by molar-refractivity contribution is 0.206. The average molecular weight is 268 g/mol. The van der Waals surface area contributed by atoms with E-state index in [0.29, 0.717) is 0 Å². The topological polar surface area (TPSA) is 0 Å². The van der Waals surface area contributed by atoms with Crippen LogP contribution in [0.3, 0.4) is 0 Å². The molecule has 0 aromatic rings. The molecule has 0 fully saturated rings. The molecule has 0 nitrogen and oxygen atoms in total. The lowest BCUT2D eigenvalue weighted by Gasteiger charge is -2.47. The third-order valence-electron chi connectivity index (χ3n) is 5.77. The average Bonchev–Trinajstić information content (AvgIpc) is 2.37. The highest BCUT2D eigenvalue weighted by molar-refractivity contribution is 5.49. The fraction of sp³-hybridized carbons (Fsp3) is 0.600. The molecular formula is C20H28. The summed E-state index contributed by atoms with van der Waals surface area (Å²) in [6.45, 7) is 13.8. The highest BCUT2D eigenvalue weighted by Crippen LogP contribution is 2.53. The number of fused-ring (bicyclic) bond motifs is 2. The summed E-state index contributed by atoms with van der Waals surface area (Å²) in [7, 11) is 0. The Labute approximate surface area is 124 Å². The molecule has 0 aromatic heterocycles. The second-order valence-corrected chi connectivity index (χ2v) is 7.45. The molecule has 0 heterocycles. The van der Waals surface area contributed by atoms with Gasteiger partial charge in [-0.25, -0.2) is 0 Å². The monoisotopic (exact) mass is 268 g/mol. The Balaban J connectivity index is 2.12. The zero-order valence-corrected chi connectivity index (χ0v) is 13.5. The van der Waals surface area contributed by atoms with Gasteiger partial charge in [0.05, 0.1) is 0 Å². The van der Waals surface area contributed by atoms with Gasteiger partial charge >= 0.3 is 0 Å². The Bertz CT molecular complexity index is 524.